The maximum atomic E-state index is 5.74. The molecule has 0 heterocycles. The third-order valence-corrected chi connectivity index (χ3v) is 3.98. The van der Waals surface area contributed by atoms with Crippen molar-refractivity contribution in [3.8, 4) is 0 Å². The van der Waals surface area contributed by atoms with Gasteiger partial charge in [0.05, 0.1) is 0 Å². The van der Waals surface area contributed by atoms with Crippen LogP contribution in [0.3, 0.4) is 0 Å². The number of nitrogens with two attached hydrogens (primary N) is 1. The third-order valence-electron chi connectivity index (χ3n) is 3.98. The van der Waals surface area contributed by atoms with Crippen LogP contribution in [0.15, 0.2) is 24.3 Å². The summed E-state index contributed by atoms with van der Waals surface area (Å²) in [7, 11) is 0. The molecule has 1 saturated carbocycles. The van der Waals surface area contributed by atoms with E-state index in [0.717, 1.165) is 18.3 Å². The van der Waals surface area contributed by atoms with E-state index in [2.05, 4.69) is 24.0 Å². The largest absolute Gasteiger partial charge is 0.399 e. The molecule has 0 saturated heterocycles. The van der Waals surface area contributed by atoms with Crippen LogP contribution >= 0.6 is 0 Å². The van der Waals surface area contributed by atoms with E-state index in [9.17, 15) is 0 Å². The van der Waals surface area contributed by atoms with Crippen molar-refractivity contribution < 1.29 is 0 Å². The molecular formula is C17H28N2. The monoisotopic (exact) mass is 260 g/mol. The molecule has 2 N–H and O–H groups in total. The number of nitrogen functional groups attached to an aromatic ring is 1. The Kier molecular flexibility index (Phi) is 5.71. The molecule has 2 heteroatoms. The molecule has 2 rings (SSSR count). The fraction of sp³-hybridized carbons (Fsp3) is 0.647. The molecule has 2 nitrogen and oxygen atoms in total. The number of hydrogen-bond donors (Lipinski definition) is 1. The molecule has 0 spiro atoms. The van der Waals surface area contributed by atoms with Crippen molar-refractivity contribution in [2.75, 3.05) is 12.3 Å². The fourth-order valence-electron chi connectivity index (χ4n) is 2.61. The van der Waals surface area contributed by atoms with Gasteiger partial charge in [-0.3, -0.25) is 4.90 Å². The summed E-state index contributed by atoms with van der Waals surface area (Å²) in [5, 5.41) is 0. The Morgan fingerprint density at radius 2 is 1.74 bits per heavy atom. The van der Waals surface area contributed by atoms with Gasteiger partial charge >= 0.3 is 0 Å². The van der Waals surface area contributed by atoms with Gasteiger partial charge < -0.3 is 5.73 Å². The number of nitrogens with zero attached hydrogens (tertiary/aromatic N) is 1. The topological polar surface area (TPSA) is 29.3 Å². The number of hydrogen-bond acceptors (Lipinski definition) is 2. The van der Waals surface area contributed by atoms with Gasteiger partial charge in [-0.25, -0.2) is 0 Å². The van der Waals surface area contributed by atoms with Gasteiger partial charge in [0.25, 0.3) is 0 Å². The average Bonchev–Trinajstić information content (AvgIpc) is 3.24. The Labute approximate surface area is 118 Å². The minimum atomic E-state index is 0.851. The van der Waals surface area contributed by atoms with Gasteiger partial charge in [0.2, 0.25) is 0 Å². The summed E-state index contributed by atoms with van der Waals surface area (Å²) in [6, 6.07) is 9.22. The Balaban J connectivity index is 1.75. The highest BCUT2D eigenvalue weighted by molar-refractivity contribution is 5.39. The number of benzene rings is 1. The van der Waals surface area contributed by atoms with E-state index >= 15 is 0 Å². The summed E-state index contributed by atoms with van der Waals surface area (Å²) in [6.07, 6.45) is 9.65. The minimum absolute atomic E-state index is 0.851. The Hall–Kier alpha value is -1.02. The Morgan fingerprint density at radius 3 is 2.37 bits per heavy atom. The summed E-state index contributed by atoms with van der Waals surface area (Å²) in [5.41, 5.74) is 8.00. The highest BCUT2D eigenvalue weighted by Crippen LogP contribution is 2.28. The lowest BCUT2D eigenvalue weighted by Crippen LogP contribution is -2.26. The van der Waals surface area contributed by atoms with E-state index in [0.29, 0.717) is 0 Å². The molecule has 0 radical (unpaired) electrons. The molecule has 1 fully saturated rings. The zero-order valence-corrected chi connectivity index (χ0v) is 12.3. The smallest absolute Gasteiger partial charge is 0.0314 e. The molecule has 0 atom stereocenters. The molecule has 0 aromatic heterocycles. The Morgan fingerprint density at radius 1 is 1.05 bits per heavy atom. The van der Waals surface area contributed by atoms with Crippen LogP contribution in [0, 0.1) is 0 Å². The SMILES string of the molecule is CCCCCCCN(Cc1ccc(N)cc1)C1CC1. The van der Waals surface area contributed by atoms with Crippen LogP contribution in [0.5, 0.6) is 0 Å². The normalized spacial score (nSPS) is 15.1. The first-order valence-corrected chi connectivity index (χ1v) is 7.88. The molecule has 19 heavy (non-hydrogen) atoms. The quantitative estimate of drug-likeness (QED) is 0.532. The standard InChI is InChI=1S/C17H28N2/c1-2-3-4-5-6-13-19(17-11-12-17)14-15-7-9-16(18)10-8-15/h7-10,17H,2-6,11-14,18H2,1H3. The van der Waals surface area contributed by atoms with Crippen molar-refractivity contribution in [1.82, 2.24) is 4.90 Å². The average molecular weight is 260 g/mol. The summed E-state index contributed by atoms with van der Waals surface area (Å²) in [6.45, 7) is 4.63. The lowest BCUT2D eigenvalue weighted by atomic mass is 10.1. The van der Waals surface area contributed by atoms with Crippen LogP contribution < -0.4 is 5.73 Å². The van der Waals surface area contributed by atoms with Gasteiger partial charge in [0.1, 0.15) is 0 Å². The van der Waals surface area contributed by atoms with Crippen LogP contribution in [-0.4, -0.2) is 17.5 Å². The second kappa shape index (κ2) is 7.54. The molecule has 0 aliphatic heterocycles. The van der Waals surface area contributed by atoms with Crippen molar-refractivity contribution in [3.05, 3.63) is 29.8 Å². The van der Waals surface area contributed by atoms with E-state index in [4.69, 9.17) is 5.73 Å². The van der Waals surface area contributed by atoms with Crippen molar-refractivity contribution >= 4 is 5.69 Å². The van der Waals surface area contributed by atoms with E-state index in [1.165, 1.54) is 57.1 Å². The lowest BCUT2D eigenvalue weighted by Gasteiger charge is -2.22. The van der Waals surface area contributed by atoms with Crippen LogP contribution in [0.25, 0.3) is 0 Å². The van der Waals surface area contributed by atoms with E-state index in [1.54, 1.807) is 0 Å². The summed E-state index contributed by atoms with van der Waals surface area (Å²) in [4.78, 5) is 2.66. The van der Waals surface area contributed by atoms with Gasteiger partial charge in [-0.05, 0) is 43.5 Å². The predicted molar refractivity (Wildman–Crippen MR) is 83.0 cm³/mol. The van der Waals surface area contributed by atoms with Crippen molar-refractivity contribution in [3.63, 3.8) is 0 Å². The zero-order chi connectivity index (χ0) is 13.5. The first-order chi connectivity index (χ1) is 9.29. The highest BCUT2D eigenvalue weighted by Gasteiger charge is 2.28. The van der Waals surface area contributed by atoms with Gasteiger partial charge in [-0.1, -0.05) is 44.7 Å². The van der Waals surface area contributed by atoms with E-state index in [-0.39, 0.29) is 0 Å². The maximum Gasteiger partial charge on any atom is 0.0314 e. The van der Waals surface area contributed by atoms with Gasteiger partial charge in [-0.2, -0.15) is 0 Å². The number of anilines is 1. The van der Waals surface area contributed by atoms with E-state index in [1.807, 2.05) is 12.1 Å². The summed E-state index contributed by atoms with van der Waals surface area (Å²) < 4.78 is 0. The van der Waals surface area contributed by atoms with Crippen molar-refractivity contribution in [1.29, 1.82) is 0 Å². The predicted octanol–water partition coefficient (Wildman–Crippen LogP) is 4.20. The molecule has 0 bridgehead atoms. The van der Waals surface area contributed by atoms with Crippen LogP contribution in [0.2, 0.25) is 0 Å². The van der Waals surface area contributed by atoms with E-state index < -0.39 is 0 Å². The Bertz CT molecular complexity index is 354. The first kappa shape index (κ1) is 14.4. The number of unbranched alkanes of at least 4 members (excludes halogenated alkanes) is 4. The van der Waals surface area contributed by atoms with Gasteiger partial charge in [0, 0.05) is 18.3 Å². The molecule has 1 aromatic rings. The maximum absolute atomic E-state index is 5.74. The minimum Gasteiger partial charge on any atom is -0.399 e. The van der Waals surface area contributed by atoms with Crippen LogP contribution in [0.4, 0.5) is 5.69 Å². The van der Waals surface area contributed by atoms with Crippen molar-refractivity contribution in [2.24, 2.45) is 0 Å². The lowest BCUT2D eigenvalue weighted by molar-refractivity contribution is 0.248. The second-order valence-corrected chi connectivity index (χ2v) is 5.86. The summed E-state index contributed by atoms with van der Waals surface area (Å²) >= 11 is 0. The molecule has 0 unspecified atom stereocenters. The molecule has 1 aliphatic carbocycles. The van der Waals surface area contributed by atoms with Gasteiger partial charge in [-0.15, -0.1) is 0 Å². The van der Waals surface area contributed by atoms with Gasteiger partial charge in [0.15, 0.2) is 0 Å². The molecule has 106 valence electrons. The molecular weight excluding hydrogens is 232 g/mol. The molecule has 1 aromatic carbocycles. The third kappa shape index (κ3) is 5.23. The molecule has 1 aliphatic rings. The van der Waals surface area contributed by atoms with Crippen LogP contribution in [-0.2, 0) is 6.54 Å². The highest BCUT2D eigenvalue weighted by atomic mass is 15.2. The zero-order valence-electron chi connectivity index (χ0n) is 12.3. The number of rotatable bonds is 9. The van der Waals surface area contributed by atoms with Crippen molar-refractivity contribution in [2.45, 2.75) is 64.5 Å². The first-order valence-electron chi connectivity index (χ1n) is 7.88. The fourth-order valence-corrected chi connectivity index (χ4v) is 2.61. The summed E-state index contributed by atoms with van der Waals surface area (Å²) in [5.74, 6) is 0. The second-order valence-electron chi connectivity index (χ2n) is 5.86. The molecule has 0 amide bonds. The van der Waals surface area contributed by atoms with Crippen LogP contribution in [0.1, 0.15) is 57.4 Å².